The van der Waals surface area contributed by atoms with Gasteiger partial charge in [0.2, 0.25) is 0 Å². The molecule has 0 aliphatic rings. The van der Waals surface area contributed by atoms with Crippen LogP contribution < -0.4 is 5.19 Å². The molecule has 0 atom stereocenters. The Kier molecular flexibility index (Phi) is 9.39. The van der Waals surface area contributed by atoms with Crippen molar-refractivity contribution in [2.24, 2.45) is 0 Å². The predicted octanol–water partition coefficient (Wildman–Crippen LogP) is 13.3. The second-order valence-electron chi connectivity index (χ2n) is 15.2. The van der Waals surface area contributed by atoms with Crippen LogP contribution in [0.1, 0.15) is 26.7 Å². The van der Waals surface area contributed by atoms with E-state index < -0.39 is 14.0 Å². The second kappa shape index (κ2) is 14.7. The van der Waals surface area contributed by atoms with E-state index in [1.54, 1.807) is 6.20 Å². The van der Waals surface area contributed by atoms with Gasteiger partial charge < -0.3 is 14.4 Å². The normalized spacial score (nSPS) is 12.2. The zero-order valence-corrected chi connectivity index (χ0v) is 34.9. The molecule has 0 spiro atoms. The van der Waals surface area contributed by atoms with Gasteiger partial charge in [-0.3, -0.25) is 0 Å². The molecule has 0 saturated carbocycles. The summed E-state index contributed by atoms with van der Waals surface area (Å²) >= 11 is 0. The maximum Gasteiger partial charge on any atom is 0.128 e. The summed E-state index contributed by atoms with van der Waals surface area (Å²) in [6, 6.07) is 53.3. The summed E-state index contributed by atoms with van der Waals surface area (Å²) in [6.07, 6.45) is 3.59. The molecule has 0 fully saturated rings. The summed E-state index contributed by atoms with van der Waals surface area (Å²) in [5.74, 6) is -0.691. The van der Waals surface area contributed by atoms with Crippen LogP contribution >= 0.6 is 0 Å². The molecular weight excluding hydrogens is 865 g/mol. The zero-order valence-electron chi connectivity index (χ0n) is 32.5. The molecule has 7 aromatic carbocycles. The van der Waals surface area contributed by atoms with E-state index >= 15 is 0 Å². The van der Waals surface area contributed by atoms with E-state index in [1.165, 1.54) is 42.9 Å². The number of aromatic nitrogens is 2. The molecule has 3 aromatic heterocycles. The van der Waals surface area contributed by atoms with Gasteiger partial charge in [-0.15, -0.1) is 42.0 Å². The van der Waals surface area contributed by atoms with Gasteiger partial charge in [0.05, 0.1) is 13.7 Å². The van der Waals surface area contributed by atoms with E-state index in [2.05, 4.69) is 139 Å². The van der Waals surface area contributed by atoms with Crippen molar-refractivity contribution in [3.63, 3.8) is 0 Å². The summed E-state index contributed by atoms with van der Waals surface area (Å²) < 4.78 is 14.9. The van der Waals surface area contributed by atoms with Crippen LogP contribution in [-0.2, 0) is 20.1 Å². The van der Waals surface area contributed by atoms with Gasteiger partial charge in [0.15, 0.2) is 0 Å². The fourth-order valence-corrected chi connectivity index (χ4v) is 8.75. The SMILES string of the molecule is [2H]C(C)(C)c1ccnc(-c2[c-]ccc3c2oc2c4ccc([Si](C)(C)C)cc4ccc32)c1.[Ir].[c-]1cc2c3ccccc3c3ccccc3c2cc1-c1ccccn1. The maximum absolute atomic E-state index is 8.38. The molecule has 0 saturated heterocycles. The monoisotopic (exact) mass is 906 g/mol. The van der Waals surface area contributed by atoms with E-state index in [9.17, 15) is 0 Å². The summed E-state index contributed by atoms with van der Waals surface area (Å²) in [7, 11) is -1.38. The summed E-state index contributed by atoms with van der Waals surface area (Å²) in [5.41, 5.74) is 6.24. The van der Waals surface area contributed by atoms with Gasteiger partial charge in [0, 0.05) is 44.6 Å². The van der Waals surface area contributed by atoms with Crippen LogP contribution in [0, 0.1) is 12.1 Å². The Labute approximate surface area is 337 Å². The molecule has 271 valence electrons. The average Bonchev–Trinajstić information content (AvgIpc) is 3.60. The van der Waals surface area contributed by atoms with Crippen molar-refractivity contribution in [3.05, 3.63) is 164 Å². The topological polar surface area (TPSA) is 38.9 Å². The van der Waals surface area contributed by atoms with E-state index in [0.717, 1.165) is 55.4 Å². The van der Waals surface area contributed by atoms with Crippen LogP contribution in [0.15, 0.2) is 150 Å². The molecule has 0 bridgehead atoms. The van der Waals surface area contributed by atoms with Crippen molar-refractivity contribution in [1.82, 2.24) is 9.97 Å². The first-order valence-electron chi connectivity index (χ1n) is 19.0. The Bertz CT molecular complexity index is 3040. The smallest absolute Gasteiger partial charge is 0.128 e. The Balaban J connectivity index is 0.000000159. The van der Waals surface area contributed by atoms with E-state index in [0.29, 0.717) is 0 Å². The Morgan fingerprint density at radius 3 is 1.93 bits per heavy atom. The van der Waals surface area contributed by atoms with Crippen molar-refractivity contribution in [2.75, 3.05) is 0 Å². The largest absolute Gasteiger partial charge is 0.500 e. The van der Waals surface area contributed by atoms with Crippen molar-refractivity contribution in [3.8, 4) is 22.5 Å². The molecule has 0 amide bonds. The van der Waals surface area contributed by atoms with Gasteiger partial charge in [0.1, 0.15) is 5.58 Å². The minimum atomic E-state index is -1.38. The Morgan fingerprint density at radius 1 is 0.582 bits per heavy atom. The van der Waals surface area contributed by atoms with Gasteiger partial charge in [-0.1, -0.05) is 168 Å². The first kappa shape index (κ1) is 35.3. The average molecular weight is 906 g/mol. The molecule has 10 aromatic rings. The molecule has 3 nitrogen and oxygen atoms in total. The molecular formula is C50H40IrN2OSi-2. The molecule has 0 unspecified atom stereocenters. The summed E-state index contributed by atoms with van der Waals surface area (Å²) in [4.78, 5) is 9.04. The van der Waals surface area contributed by atoms with Gasteiger partial charge in [-0.2, -0.15) is 0 Å². The van der Waals surface area contributed by atoms with Gasteiger partial charge in [0.25, 0.3) is 0 Å². The third-order valence-corrected chi connectivity index (χ3v) is 12.5. The molecule has 1 radical (unpaired) electrons. The fourth-order valence-electron chi connectivity index (χ4n) is 7.58. The van der Waals surface area contributed by atoms with Crippen LogP contribution in [0.4, 0.5) is 0 Å². The van der Waals surface area contributed by atoms with Crippen LogP contribution in [0.25, 0.3) is 87.5 Å². The van der Waals surface area contributed by atoms with E-state index in [4.69, 9.17) is 5.79 Å². The number of pyridine rings is 2. The van der Waals surface area contributed by atoms with Gasteiger partial charge >= 0.3 is 0 Å². The van der Waals surface area contributed by atoms with Crippen molar-refractivity contribution < 1.29 is 25.9 Å². The van der Waals surface area contributed by atoms with Crippen LogP contribution in [0.5, 0.6) is 0 Å². The number of hydrogen-bond acceptors (Lipinski definition) is 3. The minimum absolute atomic E-state index is 0. The molecule has 0 N–H and O–H groups in total. The minimum Gasteiger partial charge on any atom is -0.500 e. The van der Waals surface area contributed by atoms with Crippen molar-refractivity contribution >= 4 is 78.3 Å². The van der Waals surface area contributed by atoms with Crippen LogP contribution in [0.3, 0.4) is 0 Å². The predicted molar refractivity (Wildman–Crippen MR) is 231 cm³/mol. The van der Waals surface area contributed by atoms with E-state index in [-0.39, 0.29) is 20.1 Å². The zero-order chi connectivity index (χ0) is 37.9. The van der Waals surface area contributed by atoms with Crippen LogP contribution in [-0.4, -0.2) is 18.0 Å². The number of benzene rings is 7. The first-order chi connectivity index (χ1) is 26.5. The number of rotatable bonds is 4. The second-order valence-corrected chi connectivity index (χ2v) is 20.3. The van der Waals surface area contributed by atoms with E-state index in [1.807, 2.05) is 56.4 Å². The summed E-state index contributed by atoms with van der Waals surface area (Å²) in [6.45, 7) is 10.9. The standard InChI is InChI=1S/C27H26NOSi.C23H14N.Ir/c1-17(2)18-13-14-28-25(16-18)24-8-6-7-22-23-11-9-19-15-20(30(3,4)5)10-12-21(19)26(23)29-27(22)24;1-2-9-19-17(7-1)18-8-3-4-10-20(18)22-15-16(12-13-21(19)22)23-11-5-6-14-24-23;/h6-7,9-17H,1-5H3;1-11,13-15H;/q2*-1;/i17D;;. The Hall–Kier alpha value is -5.45. The number of furan rings is 1. The summed E-state index contributed by atoms with van der Waals surface area (Å²) in [5, 5.41) is 13.6. The molecule has 5 heteroatoms. The molecule has 55 heavy (non-hydrogen) atoms. The third kappa shape index (κ3) is 6.67. The number of fused-ring (bicyclic) bond motifs is 11. The van der Waals surface area contributed by atoms with Crippen molar-refractivity contribution in [2.45, 2.75) is 39.4 Å². The number of nitrogens with zero attached hydrogens (tertiary/aromatic N) is 2. The third-order valence-electron chi connectivity index (χ3n) is 10.5. The van der Waals surface area contributed by atoms with Crippen molar-refractivity contribution in [1.29, 1.82) is 0 Å². The molecule has 3 heterocycles. The molecule has 0 aliphatic carbocycles. The van der Waals surface area contributed by atoms with Gasteiger partial charge in [-0.25, -0.2) is 0 Å². The molecule has 10 rings (SSSR count). The van der Waals surface area contributed by atoms with Crippen LogP contribution in [0.2, 0.25) is 19.6 Å². The molecule has 0 aliphatic heterocycles. The fraction of sp³-hybridized carbons (Fsp3) is 0.120. The Morgan fingerprint density at radius 2 is 1.24 bits per heavy atom. The number of hydrogen-bond donors (Lipinski definition) is 0. The quantitative estimate of drug-likeness (QED) is 0.100. The first-order valence-corrected chi connectivity index (χ1v) is 22.0. The van der Waals surface area contributed by atoms with Gasteiger partial charge in [-0.05, 0) is 51.0 Å². The maximum atomic E-state index is 8.38.